The fourth-order valence-electron chi connectivity index (χ4n) is 3.28. The molecule has 0 aromatic carbocycles. The first-order valence-corrected chi connectivity index (χ1v) is 8.77. The summed E-state index contributed by atoms with van der Waals surface area (Å²) in [7, 11) is 0. The van der Waals surface area contributed by atoms with Gasteiger partial charge in [-0.2, -0.15) is 18.3 Å². The quantitative estimate of drug-likeness (QED) is 0.811. The lowest BCUT2D eigenvalue weighted by Crippen LogP contribution is -2.43. The van der Waals surface area contributed by atoms with Gasteiger partial charge in [-0.1, -0.05) is 11.6 Å². The molecule has 0 saturated carbocycles. The van der Waals surface area contributed by atoms with Crippen molar-refractivity contribution in [2.45, 2.75) is 44.8 Å². The van der Waals surface area contributed by atoms with Crippen LogP contribution in [-0.2, 0) is 0 Å². The third-order valence-electron chi connectivity index (χ3n) is 4.55. The number of hydrogen-bond acceptors (Lipinski definition) is 4. The van der Waals surface area contributed by atoms with E-state index in [2.05, 4.69) is 20.3 Å². The highest BCUT2D eigenvalue weighted by molar-refractivity contribution is 6.30. The minimum Gasteiger partial charge on any atom is -0.355 e. The Morgan fingerprint density at radius 1 is 1.32 bits per heavy atom. The molecule has 138 valence electrons. The molecule has 1 fully saturated rings. The van der Waals surface area contributed by atoms with Crippen LogP contribution in [0.3, 0.4) is 0 Å². The minimum absolute atomic E-state index is 0.123. The molecule has 0 atom stereocenters. The molecule has 0 amide bonds. The molecule has 3 heterocycles. The molecular formula is C16H21ClF3N5. The van der Waals surface area contributed by atoms with Gasteiger partial charge in [-0.3, -0.25) is 0 Å². The van der Waals surface area contributed by atoms with Crippen molar-refractivity contribution in [2.24, 2.45) is 0 Å². The minimum atomic E-state index is -4.07. The molecule has 0 radical (unpaired) electrons. The SMILES string of the molecule is Cc1cc(Cl)n2ncnc(N3CCC(NCCCC(F)(F)F)CC3)c12. The summed E-state index contributed by atoms with van der Waals surface area (Å²) in [5.74, 6) is 0.856. The van der Waals surface area contributed by atoms with Crippen molar-refractivity contribution in [1.82, 2.24) is 19.9 Å². The average molecular weight is 376 g/mol. The first-order chi connectivity index (χ1) is 11.8. The lowest BCUT2D eigenvalue weighted by atomic mass is 10.0. The number of nitrogens with zero attached hydrogens (tertiary/aromatic N) is 4. The van der Waals surface area contributed by atoms with E-state index in [9.17, 15) is 13.2 Å². The second kappa shape index (κ2) is 7.37. The van der Waals surface area contributed by atoms with E-state index >= 15 is 0 Å². The molecule has 2 aromatic rings. The molecular weight excluding hydrogens is 355 g/mol. The zero-order valence-corrected chi connectivity index (χ0v) is 14.7. The zero-order chi connectivity index (χ0) is 18.0. The van der Waals surface area contributed by atoms with Gasteiger partial charge in [0.15, 0.2) is 5.82 Å². The maximum Gasteiger partial charge on any atom is 0.389 e. The number of hydrogen-bond donors (Lipinski definition) is 1. The van der Waals surface area contributed by atoms with Gasteiger partial charge < -0.3 is 10.2 Å². The van der Waals surface area contributed by atoms with E-state index in [1.54, 1.807) is 4.52 Å². The summed E-state index contributed by atoms with van der Waals surface area (Å²) < 4.78 is 38.2. The van der Waals surface area contributed by atoms with E-state index in [1.807, 2.05) is 13.0 Å². The number of fused-ring (bicyclic) bond motifs is 1. The predicted molar refractivity (Wildman–Crippen MR) is 91.3 cm³/mol. The van der Waals surface area contributed by atoms with Gasteiger partial charge in [-0.25, -0.2) is 9.50 Å². The van der Waals surface area contributed by atoms with E-state index in [0.29, 0.717) is 11.7 Å². The van der Waals surface area contributed by atoms with Crippen LogP contribution in [0.2, 0.25) is 5.15 Å². The van der Waals surface area contributed by atoms with Gasteiger partial charge in [0, 0.05) is 25.6 Å². The second-order valence-electron chi connectivity index (χ2n) is 6.43. The van der Waals surface area contributed by atoms with Crippen LogP contribution >= 0.6 is 11.6 Å². The molecule has 1 saturated heterocycles. The largest absolute Gasteiger partial charge is 0.389 e. The van der Waals surface area contributed by atoms with Crippen LogP contribution in [0.25, 0.3) is 5.52 Å². The number of halogens is 4. The van der Waals surface area contributed by atoms with Gasteiger partial charge in [0.1, 0.15) is 17.0 Å². The smallest absolute Gasteiger partial charge is 0.355 e. The first-order valence-electron chi connectivity index (χ1n) is 8.39. The van der Waals surface area contributed by atoms with E-state index in [-0.39, 0.29) is 12.5 Å². The molecule has 1 aliphatic heterocycles. The third-order valence-corrected chi connectivity index (χ3v) is 4.82. The zero-order valence-electron chi connectivity index (χ0n) is 14.0. The Balaban J connectivity index is 1.56. The summed E-state index contributed by atoms with van der Waals surface area (Å²) in [5, 5.41) is 7.97. The highest BCUT2D eigenvalue weighted by atomic mass is 35.5. The highest BCUT2D eigenvalue weighted by Gasteiger charge is 2.27. The van der Waals surface area contributed by atoms with Crippen molar-refractivity contribution < 1.29 is 13.2 Å². The molecule has 0 bridgehead atoms. The van der Waals surface area contributed by atoms with Crippen LogP contribution in [0.1, 0.15) is 31.2 Å². The molecule has 0 unspecified atom stereocenters. The number of aryl methyl sites for hydroxylation is 1. The fourth-order valence-corrected chi connectivity index (χ4v) is 3.57. The summed E-state index contributed by atoms with van der Waals surface area (Å²) in [6.07, 6.45) is -1.44. The van der Waals surface area contributed by atoms with Crippen LogP contribution in [0.15, 0.2) is 12.4 Å². The first kappa shape index (κ1) is 18.3. The number of aromatic nitrogens is 3. The van der Waals surface area contributed by atoms with Crippen LogP contribution in [0, 0.1) is 6.92 Å². The van der Waals surface area contributed by atoms with E-state index in [0.717, 1.165) is 42.8 Å². The highest BCUT2D eigenvalue weighted by Crippen LogP contribution is 2.28. The summed E-state index contributed by atoms with van der Waals surface area (Å²) in [6.45, 7) is 3.97. The average Bonchev–Trinajstić information content (AvgIpc) is 2.86. The summed E-state index contributed by atoms with van der Waals surface area (Å²) in [4.78, 5) is 6.61. The number of nitrogens with one attached hydrogen (secondary N) is 1. The molecule has 0 spiro atoms. The van der Waals surface area contributed by atoms with Gasteiger partial charge in [-0.15, -0.1) is 0 Å². The van der Waals surface area contributed by atoms with Crippen molar-refractivity contribution in [3.63, 3.8) is 0 Å². The summed E-state index contributed by atoms with van der Waals surface area (Å²) in [6, 6.07) is 2.11. The Morgan fingerprint density at radius 3 is 2.72 bits per heavy atom. The maximum atomic E-state index is 12.2. The number of alkyl halides is 3. The maximum absolute atomic E-state index is 12.2. The van der Waals surface area contributed by atoms with Crippen molar-refractivity contribution in [2.75, 3.05) is 24.5 Å². The molecule has 1 aliphatic rings. The molecule has 3 rings (SSSR count). The Morgan fingerprint density at radius 2 is 2.04 bits per heavy atom. The van der Waals surface area contributed by atoms with Gasteiger partial charge in [0.05, 0.1) is 0 Å². The molecule has 2 aromatic heterocycles. The Hall–Kier alpha value is -1.54. The van der Waals surface area contributed by atoms with Crippen LogP contribution < -0.4 is 10.2 Å². The Bertz CT molecular complexity index is 722. The lowest BCUT2D eigenvalue weighted by molar-refractivity contribution is -0.135. The van der Waals surface area contributed by atoms with Crippen molar-refractivity contribution >= 4 is 22.9 Å². The summed E-state index contributed by atoms with van der Waals surface area (Å²) in [5.41, 5.74) is 1.93. The molecule has 0 aliphatic carbocycles. The molecule has 1 N–H and O–H groups in total. The van der Waals surface area contributed by atoms with Gasteiger partial charge in [-0.05, 0) is 44.4 Å². The van der Waals surface area contributed by atoms with Crippen LogP contribution in [0.4, 0.5) is 19.0 Å². The Labute approximate surface area is 149 Å². The van der Waals surface area contributed by atoms with Gasteiger partial charge in [0.25, 0.3) is 0 Å². The van der Waals surface area contributed by atoms with E-state index < -0.39 is 12.6 Å². The number of rotatable bonds is 5. The van der Waals surface area contributed by atoms with Crippen LogP contribution in [0.5, 0.6) is 0 Å². The van der Waals surface area contributed by atoms with Crippen molar-refractivity contribution in [1.29, 1.82) is 0 Å². The topological polar surface area (TPSA) is 45.5 Å². The van der Waals surface area contributed by atoms with Crippen molar-refractivity contribution in [3.8, 4) is 0 Å². The second-order valence-corrected chi connectivity index (χ2v) is 6.82. The molecule has 25 heavy (non-hydrogen) atoms. The van der Waals surface area contributed by atoms with Crippen molar-refractivity contribution in [3.05, 3.63) is 23.1 Å². The monoisotopic (exact) mass is 375 g/mol. The van der Waals surface area contributed by atoms with Gasteiger partial charge >= 0.3 is 6.18 Å². The van der Waals surface area contributed by atoms with Crippen LogP contribution in [-0.4, -0.2) is 46.5 Å². The third kappa shape index (κ3) is 4.36. The molecule has 9 heteroatoms. The fraction of sp³-hybridized carbons (Fsp3) is 0.625. The normalized spacial score (nSPS) is 16.8. The van der Waals surface area contributed by atoms with E-state index in [1.165, 1.54) is 6.33 Å². The van der Waals surface area contributed by atoms with E-state index in [4.69, 9.17) is 11.6 Å². The lowest BCUT2D eigenvalue weighted by Gasteiger charge is -2.33. The molecule has 5 nitrogen and oxygen atoms in total. The Kier molecular flexibility index (Phi) is 5.38. The van der Waals surface area contributed by atoms with Gasteiger partial charge in [0.2, 0.25) is 0 Å². The number of anilines is 1. The summed E-state index contributed by atoms with van der Waals surface area (Å²) >= 11 is 6.18. The number of piperidine rings is 1. The standard InChI is InChI=1S/C16H21ClF3N5/c1-11-9-13(17)25-14(11)15(22-10-23-25)24-7-3-12(4-8-24)21-6-2-5-16(18,19)20/h9-10,12,21H,2-8H2,1H3. The predicted octanol–water partition coefficient (Wildman–Crippen LogP) is 3.59.